The average molecular weight is 207 g/mol. The average Bonchev–Trinajstić information content (AvgIpc) is 2.15. The highest BCUT2D eigenvalue weighted by Gasteiger charge is 2.17. The monoisotopic (exact) mass is 207 g/mol. The molecular formula is C8H8F3NO2. The van der Waals surface area contributed by atoms with Gasteiger partial charge in [-0.25, -0.2) is 19.1 Å². The van der Waals surface area contributed by atoms with Gasteiger partial charge in [0, 0.05) is 18.1 Å². The number of phenols is 1. The maximum absolute atomic E-state index is 13.0. The summed E-state index contributed by atoms with van der Waals surface area (Å²) < 4.78 is 38.6. The second kappa shape index (κ2) is 4.30. The summed E-state index contributed by atoms with van der Waals surface area (Å²) >= 11 is 0. The molecule has 0 saturated carbocycles. The molecule has 0 aliphatic heterocycles. The maximum atomic E-state index is 13.0. The second-order valence-electron chi connectivity index (χ2n) is 2.60. The minimum Gasteiger partial charge on any atom is -0.505 e. The van der Waals surface area contributed by atoms with Crippen molar-refractivity contribution in [3.8, 4) is 5.75 Å². The van der Waals surface area contributed by atoms with Crippen LogP contribution < -0.4 is 5.90 Å². The van der Waals surface area contributed by atoms with Crippen molar-refractivity contribution in [3.63, 3.8) is 0 Å². The molecule has 0 saturated heterocycles. The van der Waals surface area contributed by atoms with Gasteiger partial charge in [-0.05, 0) is 0 Å². The summed E-state index contributed by atoms with van der Waals surface area (Å²) in [5.41, 5.74) is -0.576. The number of halogens is 3. The number of hydrogen-bond acceptors (Lipinski definition) is 3. The Morgan fingerprint density at radius 3 is 2.50 bits per heavy atom. The first kappa shape index (κ1) is 10.8. The second-order valence-corrected chi connectivity index (χ2v) is 2.60. The Bertz CT molecular complexity index is 318. The highest BCUT2D eigenvalue weighted by molar-refractivity contribution is 5.32. The third-order valence-corrected chi connectivity index (χ3v) is 1.70. The van der Waals surface area contributed by atoms with Crippen molar-refractivity contribution >= 4 is 0 Å². The van der Waals surface area contributed by atoms with Gasteiger partial charge in [-0.15, -0.1) is 0 Å². The van der Waals surface area contributed by atoms with Gasteiger partial charge < -0.3 is 9.94 Å². The van der Waals surface area contributed by atoms with E-state index in [9.17, 15) is 13.2 Å². The summed E-state index contributed by atoms with van der Waals surface area (Å²) in [5, 5.41) is 8.85. The van der Waals surface area contributed by atoms with Crippen LogP contribution in [-0.2, 0) is 11.3 Å². The van der Waals surface area contributed by atoms with Crippen LogP contribution in [0.4, 0.5) is 13.2 Å². The highest BCUT2D eigenvalue weighted by atomic mass is 19.2. The first-order valence-corrected chi connectivity index (χ1v) is 3.75. The van der Waals surface area contributed by atoms with E-state index in [0.717, 1.165) is 0 Å². The van der Waals surface area contributed by atoms with Gasteiger partial charge in [-0.1, -0.05) is 0 Å². The van der Waals surface area contributed by atoms with Crippen LogP contribution in [0.25, 0.3) is 0 Å². The number of aromatic hydroxyl groups is 1. The van der Waals surface area contributed by atoms with E-state index in [0.29, 0.717) is 6.07 Å². The molecule has 0 atom stereocenters. The van der Waals surface area contributed by atoms with Gasteiger partial charge in [-0.3, -0.25) is 0 Å². The normalized spacial score (nSPS) is 10.6. The summed E-state index contributed by atoms with van der Waals surface area (Å²) in [7, 11) is 0. The molecule has 0 aromatic heterocycles. The zero-order valence-electron chi connectivity index (χ0n) is 7.06. The number of rotatable bonds is 3. The van der Waals surface area contributed by atoms with Gasteiger partial charge in [-0.2, -0.15) is 0 Å². The fraction of sp³-hybridized carbons (Fsp3) is 0.250. The molecular weight excluding hydrogens is 199 g/mol. The van der Waals surface area contributed by atoms with E-state index in [1.54, 1.807) is 0 Å². The Labute approximate surface area is 77.9 Å². The molecule has 1 aromatic carbocycles. The third-order valence-electron chi connectivity index (χ3n) is 1.70. The molecule has 0 bridgehead atoms. The standard InChI is InChI=1S/C8H8F3NO2/c9-5-3-6(13)8(11)4(7(5)10)1-2-14-12/h3,13H,1-2,12H2. The minimum absolute atomic E-state index is 0.170. The molecule has 1 aromatic rings. The fourth-order valence-electron chi connectivity index (χ4n) is 1.02. The summed E-state index contributed by atoms with van der Waals surface area (Å²) in [6, 6.07) is 0.372. The number of nitrogens with two attached hydrogens (primary N) is 1. The van der Waals surface area contributed by atoms with Gasteiger partial charge in [0.1, 0.15) is 0 Å². The topological polar surface area (TPSA) is 55.5 Å². The quantitative estimate of drug-likeness (QED) is 0.579. The molecule has 0 spiro atoms. The molecule has 3 nitrogen and oxygen atoms in total. The van der Waals surface area contributed by atoms with E-state index >= 15 is 0 Å². The number of phenolic OH excluding ortho intramolecular Hbond substituents is 1. The predicted octanol–water partition coefficient (Wildman–Crippen LogP) is 1.24. The van der Waals surface area contributed by atoms with Gasteiger partial charge in [0.25, 0.3) is 0 Å². The molecule has 0 heterocycles. The van der Waals surface area contributed by atoms with E-state index in [4.69, 9.17) is 5.11 Å². The van der Waals surface area contributed by atoms with E-state index < -0.39 is 28.8 Å². The van der Waals surface area contributed by atoms with Gasteiger partial charge in [0.2, 0.25) is 0 Å². The lowest BCUT2D eigenvalue weighted by molar-refractivity contribution is 0.139. The van der Waals surface area contributed by atoms with Crippen molar-refractivity contribution in [2.45, 2.75) is 6.42 Å². The first-order chi connectivity index (χ1) is 6.57. The van der Waals surface area contributed by atoms with Gasteiger partial charge in [0.05, 0.1) is 6.61 Å². The molecule has 0 aliphatic rings. The Kier molecular flexibility index (Phi) is 3.32. The number of benzene rings is 1. The van der Waals surface area contributed by atoms with Crippen molar-refractivity contribution in [3.05, 3.63) is 29.1 Å². The summed E-state index contributed by atoms with van der Waals surface area (Å²) in [6.07, 6.45) is -0.251. The maximum Gasteiger partial charge on any atom is 0.171 e. The van der Waals surface area contributed by atoms with E-state index in [1.165, 1.54) is 0 Å². The van der Waals surface area contributed by atoms with E-state index in [-0.39, 0.29) is 13.0 Å². The van der Waals surface area contributed by atoms with Gasteiger partial charge in [0.15, 0.2) is 23.2 Å². The zero-order valence-corrected chi connectivity index (χ0v) is 7.06. The van der Waals surface area contributed by atoms with Crippen LogP contribution in [0, 0.1) is 17.5 Å². The molecule has 78 valence electrons. The van der Waals surface area contributed by atoms with Crippen LogP contribution in [0.15, 0.2) is 6.07 Å². The molecule has 14 heavy (non-hydrogen) atoms. The van der Waals surface area contributed by atoms with E-state index in [2.05, 4.69) is 10.7 Å². The van der Waals surface area contributed by atoms with Crippen molar-refractivity contribution in [1.82, 2.24) is 0 Å². The Hall–Kier alpha value is -1.27. The van der Waals surface area contributed by atoms with Crippen molar-refractivity contribution in [1.29, 1.82) is 0 Å². The Morgan fingerprint density at radius 2 is 1.93 bits per heavy atom. The largest absolute Gasteiger partial charge is 0.505 e. The van der Waals surface area contributed by atoms with Crippen molar-refractivity contribution in [2.75, 3.05) is 6.61 Å². The molecule has 6 heteroatoms. The first-order valence-electron chi connectivity index (χ1n) is 3.75. The van der Waals surface area contributed by atoms with Crippen LogP contribution in [-0.4, -0.2) is 11.7 Å². The van der Waals surface area contributed by atoms with Crippen LogP contribution in [0.2, 0.25) is 0 Å². The third kappa shape index (κ3) is 1.97. The van der Waals surface area contributed by atoms with Crippen LogP contribution in [0.5, 0.6) is 5.75 Å². The predicted molar refractivity (Wildman–Crippen MR) is 41.8 cm³/mol. The van der Waals surface area contributed by atoms with Crippen LogP contribution >= 0.6 is 0 Å². The summed E-state index contributed by atoms with van der Waals surface area (Å²) in [6.45, 7) is -0.170. The molecule has 0 amide bonds. The van der Waals surface area contributed by atoms with Crippen LogP contribution in [0.1, 0.15) is 5.56 Å². The smallest absolute Gasteiger partial charge is 0.171 e. The highest BCUT2D eigenvalue weighted by Crippen LogP contribution is 2.24. The lowest BCUT2D eigenvalue weighted by Gasteiger charge is -2.06. The molecule has 3 N–H and O–H groups in total. The molecule has 0 fully saturated rings. The lowest BCUT2D eigenvalue weighted by Crippen LogP contribution is -2.08. The number of hydrogen-bond donors (Lipinski definition) is 2. The molecule has 0 aliphatic carbocycles. The molecule has 0 radical (unpaired) electrons. The fourth-order valence-corrected chi connectivity index (χ4v) is 1.02. The van der Waals surface area contributed by atoms with Crippen molar-refractivity contribution < 1.29 is 23.1 Å². The van der Waals surface area contributed by atoms with Crippen LogP contribution in [0.3, 0.4) is 0 Å². The zero-order chi connectivity index (χ0) is 10.7. The Balaban J connectivity index is 3.11. The van der Waals surface area contributed by atoms with E-state index in [1.807, 2.05) is 0 Å². The summed E-state index contributed by atoms with van der Waals surface area (Å²) in [4.78, 5) is 4.10. The molecule has 0 unspecified atom stereocenters. The lowest BCUT2D eigenvalue weighted by atomic mass is 10.1. The molecule has 1 rings (SSSR count). The van der Waals surface area contributed by atoms with Gasteiger partial charge >= 0.3 is 0 Å². The Morgan fingerprint density at radius 1 is 1.29 bits per heavy atom. The summed E-state index contributed by atoms with van der Waals surface area (Å²) in [5.74, 6) is -0.122. The minimum atomic E-state index is -1.34. The SMILES string of the molecule is NOCCc1c(F)c(O)cc(F)c1F. The van der Waals surface area contributed by atoms with Crippen molar-refractivity contribution in [2.24, 2.45) is 5.90 Å².